The van der Waals surface area contributed by atoms with Crippen molar-refractivity contribution in [2.24, 2.45) is 5.29 Å². The highest BCUT2D eigenvalue weighted by atomic mass is 16.6. The number of nitrogens with zero attached hydrogens (tertiary/aromatic N) is 2. The highest BCUT2D eigenvalue weighted by molar-refractivity contribution is 5.73. The van der Waals surface area contributed by atoms with Gasteiger partial charge in [0.25, 0.3) is 0 Å². The first-order chi connectivity index (χ1) is 8.42. The van der Waals surface area contributed by atoms with E-state index >= 15 is 0 Å². The van der Waals surface area contributed by atoms with E-state index in [-0.39, 0.29) is 0 Å². The summed E-state index contributed by atoms with van der Waals surface area (Å²) >= 11 is 0. The lowest BCUT2D eigenvalue weighted by atomic mass is 9.97. The number of ether oxygens (including phenoxy) is 1. The molecule has 0 bridgehead atoms. The summed E-state index contributed by atoms with van der Waals surface area (Å²) < 4.78 is 4.80. The van der Waals surface area contributed by atoms with E-state index in [2.05, 4.69) is 10.6 Å². The highest BCUT2D eigenvalue weighted by Crippen LogP contribution is 2.19. The van der Waals surface area contributed by atoms with Crippen LogP contribution in [0.2, 0.25) is 0 Å². The van der Waals surface area contributed by atoms with Gasteiger partial charge in [-0.05, 0) is 0 Å². The van der Waals surface area contributed by atoms with E-state index in [0.29, 0.717) is 5.01 Å². The molecule has 2 amide bonds. The number of urea groups is 1. The van der Waals surface area contributed by atoms with Gasteiger partial charge in [-0.1, -0.05) is 0 Å². The zero-order valence-electron chi connectivity index (χ0n) is 9.50. The number of carbonyl (C=O) groups excluding carboxylic acids is 1. The van der Waals surface area contributed by atoms with Crippen LogP contribution in [0.1, 0.15) is 0 Å². The molecule has 3 unspecified atom stereocenters. The molecule has 0 spiro atoms. The molecule has 1 aliphatic heterocycles. The zero-order valence-corrected chi connectivity index (χ0v) is 9.50. The number of aliphatic hydroxyl groups is 4. The maximum absolute atomic E-state index is 11.3. The van der Waals surface area contributed by atoms with Crippen LogP contribution in [0.15, 0.2) is 5.29 Å². The first-order valence-electron chi connectivity index (χ1n) is 5.10. The molecule has 10 heteroatoms. The lowest BCUT2D eigenvalue weighted by molar-refractivity contribution is -0.252. The normalized spacial score (nSPS) is 35.9. The third kappa shape index (κ3) is 2.91. The molecule has 1 rings (SSSR count). The monoisotopic (exact) mass is 265 g/mol. The summed E-state index contributed by atoms with van der Waals surface area (Å²) in [5.41, 5.74) is 0. The van der Waals surface area contributed by atoms with E-state index < -0.39 is 43.3 Å². The number of hydrogen-bond acceptors (Lipinski definition) is 8. The van der Waals surface area contributed by atoms with Gasteiger partial charge in [0.2, 0.25) is 0 Å². The van der Waals surface area contributed by atoms with Crippen molar-refractivity contribution in [1.82, 2.24) is 10.3 Å². The average Bonchev–Trinajstić information content (AvgIpc) is 2.37. The molecular weight excluding hydrogens is 250 g/mol. The van der Waals surface area contributed by atoms with E-state index in [1.165, 1.54) is 0 Å². The van der Waals surface area contributed by atoms with Gasteiger partial charge in [-0.15, -0.1) is 4.91 Å². The summed E-state index contributed by atoms with van der Waals surface area (Å²) in [5.74, 6) is 0. The summed E-state index contributed by atoms with van der Waals surface area (Å²) in [5, 5.41) is 42.4. The van der Waals surface area contributed by atoms with Crippen LogP contribution in [0, 0.1) is 4.91 Å². The third-order valence-electron chi connectivity index (χ3n) is 2.61. The van der Waals surface area contributed by atoms with Gasteiger partial charge >= 0.3 is 6.03 Å². The Hall–Kier alpha value is -1.33. The lowest BCUT2D eigenvalue weighted by Crippen LogP contribution is -2.64. The molecule has 1 saturated heterocycles. The average molecular weight is 265 g/mol. The van der Waals surface area contributed by atoms with Crippen LogP contribution in [0.25, 0.3) is 0 Å². The second-order valence-electron chi connectivity index (χ2n) is 3.81. The van der Waals surface area contributed by atoms with Crippen molar-refractivity contribution in [2.45, 2.75) is 30.6 Å². The van der Waals surface area contributed by atoms with Gasteiger partial charge in [0.15, 0.2) is 6.29 Å². The second kappa shape index (κ2) is 6.02. The Balaban J connectivity index is 2.71. The quantitative estimate of drug-likeness (QED) is 0.271. The zero-order chi connectivity index (χ0) is 13.9. The molecule has 0 aliphatic carbocycles. The molecule has 1 fully saturated rings. The van der Waals surface area contributed by atoms with Crippen LogP contribution >= 0.6 is 0 Å². The summed E-state index contributed by atoms with van der Waals surface area (Å²) in [6.07, 6.45) is -5.84. The highest BCUT2D eigenvalue weighted by Gasteiger charge is 2.44. The van der Waals surface area contributed by atoms with Gasteiger partial charge in [0.05, 0.1) is 11.9 Å². The fourth-order valence-electron chi connectivity index (χ4n) is 1.53. The number of aliphatic hydroxyl groups excluding tert-OH is 4. The Morgan fingerprint density at radius 3 is 2.50 bits per heavy atom. The predicted molar refractivity (Wildman–Crippen MR) is 55.9 cm³/mol. The number of nitroso groups, excluding NO2 is 1. The van der Waals surface area contributed by atoms with Crippen LogP contribution in [0.5, 0.6) is 0 Å². The summed E-state index contributed by atoms with van der Waals surface area (Å²) in [6.45, 7) is -0.605. The van der Waals surface area contributed by atoms with Gasteiger partial charge in [-0.25, -0.2) is 4.79 Å². The van der Waals surface area contributed by atoms with Crippen LogP contribution < -0.4 is 5.32 Å². The van der Waals surface area contributed by atoms with Crippen LogP contribution in [0.4, 0.5) is 4.79 Å². The molecule has 0 saturated carbocycles. The Bertz CT molecular complexity index is 315. The minimum atomic E-state index is -1.63. The van der Waals surface area contributed by atoms with Crippen LogP contribution in [0.3, 0.4) is 0 Å². The molecule has 0 aromatic carbocycles. The van der Waals surface area contributed by atoms with Gasteiger partial charge in [0, 0.05) is 7.05 Å². The largest absolute Gasteiger partial charge is 0.394 e. The van der Waals surface area contributed by atoms with Crippen molar-refractivity contribution in [3.63, 3.8) is 0 Å². The van der Waals surface area contributed by atoms with Crippen molar-refractivity contribution in [1.29, 1.82) is 0 Å². The minimum Gasteiger partial charge on any atom is -0.394 e. The molecule has 0 radical (unpaired) electrons. The number of carbonyl (C=O) groups is 1. The maximum atomic E-state index is 11.3. The summed E-state index contributed by atoms with van der Waals surface area (Å²) in [7, 11) is 1.07. The lowest BCUT2D eigenvalue weighted by Gasteiger charge is -2.40. The molecule has 0 aromatic rings. The number of hydrogen-bond donors (Lipinski definition) is 5. The van der Waals surface area contributed by atoms with Crippen molar-refractivity contribution in [2.75, 3.05) is 13.7 Å². The number of rotatable bonds is 3. The second-order valence-corrected chi connectivity index (χ2v) is 3.81. The fraction of sp³-hybridized carbons (Fsp3) is 0.875. The van der Waals surface area contributed by atoms with Crippen LogP contribution in [-0.2, 0) is 4.74 Å². The smallest absolute Gasteiger partial charge is 0.340 e. The predicted octanol–water partition coefficient (Wildman–Crippen LogP) is -2.89. The Kier molecular flexibility index (Phi) is 4.93. The maximum Gasteiger partial charge on any atom is 0.340 e. The van der Waals surface area contributed by atoms with E-state index in [4.69, 9.17) is 9.84 Å². The topological polar surface area (TPSA) is 152 Å². The number of amides is 2. The molecule has 5 atom stereocenters. The minimum absolute atomic E-state index is 0.407. The Morgan fingerprint density at radius 2 is 2.00 bits per heavy atom. The molecule has 104 valence electrons. The van der Waals surface area contributed by atoms with Gasteiger partial charge in [0.1, 0.15) is 24.4 Å². The molecule has 1 heterocycles. The number of nitrogens with one attached hydrogen (secondary N) is 1. The fourth-order valence-corrected chi connectivity index (χ4v) is 1.53. The molecule has 5 N–H and O–H groups in total. The Morgan fingerprint density at radius 1 is 1.39 bits per heavy atom. The molecular formula is C8H15N3O7. The molecule has 18 heavy (non-hydrogen) atoms. The van der Waals surface area contributed by atoms with Crippen molar-refractivity contribution < 1.29 is 30.0 Å². The summed E-state index contributed by atoms with van der Waals surface area (Å²) in [6, 6.07) is -2.33. The van der Waals surface area contributed by atoms with Crippen molar-refractivity contribution in [3.05, 3.63) is 4.91 Å². The third-order valence-corrected chi connectivity index (χ3v) is 2.61. The first kappa shape index (κ1) is 14.7. The SMILES string of the molecule is CN(N=O)C(=O)N[C@H]1C(O)C(O)C(CO)O[C@@H]1O. The van der Waals surface area contributed by atoms with Crippen LogP contribution in [-0.4, -0.2) is 75.8 Å². The van der Waals surface area contributed by atoms with E-state index in [9.17, 15) is 25.0 Å². The van der Waals surface area contributed by atoms with Crippen molar-refractivity contribution >= 4 is 6.03 Å². The standard InChI is InChI=1S/C8H15N3O7/c1-11(10-17)8(16)9-4-6(14)5(13)3(2-12)18-7(4)15/h3-7,12-15H,2H2,1H3,(H,9,16)/t3?,4-,5?,6?,7-/m0/s1. The summed E-state index contributed by atoms with van der Waals surface area (Å²) in [4.78, 5) is 21.4. The van der Waals surface area contributed by atoms with Gasteiger partial charge in [-0.3, -0.25) is 0 Å². The van der Waals surface area contributed by atoms with E-state index in [0.717, 1.165) is 7.05 Å². The Labute approximate surface area is 102 Å². The molecule has 10 nitrogen and oxygen atoms in total. The van der Waals surface area contributed by atoms with Gasteiger partial charge in [-0.2, -0.15) is 5.01 Å². The van der Waals surface area contributed by atoms with Gasteiger partial charge < -0.3 is 30.5 Å². The van der Waals surface area contributed by atoms with E-state index in [1.54, 1.807) is 0 Å². The van der Waals surface area contributed by atoms with E-state index in [1.807, 2.05) is 0 Å². The van der Waals surface area contributed by atoms with Crippen molar-refractivity contribution in [3.8, 4) is 0 Å². The first-order valence-corrected chi connectivity index (χ1v) is 5.10. The molecule has 0 aromatic heterocycles. The molecule has 1 aliphatic rings.